The quantitative estimate of drug-likeness (QED) is 0.644. The Bertz CT molecular complexity index is 845. The highest BCUT2D eigenvalue weighted by atomic mass is 35.5. The molecule has 1 amide bonds. The summed E-state index contributed by atoms with van der Waals surface area (Å²) in [6.07, 6.45) is 0. The van der Waals surface area contributed by atoms with E-state index in [4.69, 9.17) is 28.9 Å². The number of carbonyl (C=O) groups excluding carboxylic acids is 1. The third-order valence-corrected chi connectivity index (χ3v) is 4.90. The van der Waals surface area contributed by atoms with E-state index in [0.717, 1.165) is 10.1 Å². The zero-order valence-corrected chi connectivity index (χ0v) is 13.0. The lowest BCUT2D eigenvalue weighted by molar-refractivity contribution is 0.103. The Morgan fingerprint density at radius 2 is 1.95 bits per heavy atom. The van der Waals surface area contributed by atoms with Gasteiger partial charge in [0.1, 0.15) is 0 Å². The largest absolute Gasteiger partial charge is 0.399 e. The van der Waals surface area contributed by atoms with Gasteiger partial charge in [0.2, 0.25) is 0 Å². The Kier molecular flexibility index (Phi) is 3.76. The fourth-order valence-electron chi connectivity index (χ4n) is 1.96. The van der Waals surface area contributed by atoms with Crippen LogP contribution < -0.4 is 11.1 Å². The number of hydrogen-bond acceptors (Lipinski definition) is 3. The molecule has 1 aromatic heterocycles. The molecule has 106 valence electrons. The third-order valence-electron chi connectivity index (χ3n) is 2.96. The monoisotopic (exact) mass is 336 g/mol. The molecule has 3 aromatic rings. The van der Waals surface area contributed by atoms with Gasteiger partial charge < -0.3 is 11.1 Å². The van der Waals surface area contributed by atoms with Gasteiger partial charge in [-0.25, -0.2) is 0 Å². The van der Waals surface area contributed by atoms with E-state index in [1.165, 1.54) is 11.3 Å². The number of amides is 1. The van der Waals surface area contributed by atoms with Gasteiger partial charge in [0.15, 0.2) is 0 Å². The number of anilines is 2. The number of nitrogens with one attached hydrogen (secondary N) is 1. The molecule has 0 aliphatic carbocycles. The lowest BCUT2D eigenvalue weighted by Gasteiger charge is -2.06. The predicted octanol–water partition coefficient (Wildman–Crippen LogP) is 5.04. The van der Waals surface area contributed by atoms with E-state index < -0.39 is 0 Å². The average molecular weight is 337 g/mol. The van der Waals surface area contributed by atoms with Crippen LogP contribution in [0.3, 0.4) is 0 Å². The smallest absolute Gasteiger partial charge is 0.265 e. The van der Waals surface area contributed by atoms with E-state index in [-0.39, 0.29) is 5.91 Å². The number of fused-ring (bicyclic) bond motifs is 1. The summed E-state index contributed by atoms with van der Waals surface area (Å²) >= 11 is 13.4. The SMILES string of the molecule is Nc1ccc2sc(C(=O)Nc3cccc(Cl)c3Cl)cc2c1. The Morgan fingerprint density at radius 3 is 2.76 bits per heavy atom. The zero-order chi connectivity index (χ0) is 15.0. The molecule has 1 heterocycles. The zero-order valence-electron chi connectivity index (χ0n) is 10.7. The summed E-state index contributed by atoms with van der Waals surface area (Å²) in [6.45, 7) is 0. The van der Waals surface area contributed by atoms with Gasteiger partial charge in [-0.3, -0.25) is 4.79 Å². The minimum atomic E-state index is -0.223. The highest BCUT2D eigenvalue weighted by Gasteiger charge is 2.13. The van der Waals surface area contributed by atoms with E-state index >= 15 is 0 Å². The number of halogens is 2. The molecule has 0 atom stereocenters. The number of rotatable bonds is 2. The van der Waals surface area contributed by atoms with Crippen molar-refractivity contribution in [3.8, 4) is 0 Å². The molecule has 0 radical (unpaired) electrons. The molecule has 0 spiro atoms. The maximum absolute atomic E-state index is 12.3. The predicted molar refractivity (Wildman–Crippen MR) is 90.7 cm³/mol. The van der Waals surface area contributed by atoms with Crippen molar-refractivity contribution in [3.63, 3.8) is 0 Å². The Balaban J connectivity index is 1.91. The van der Waals surface area contributed by atoms with E-state index in [9.17, 15) is 4.79 Å². The lowest BCUT2D eigenvalue weighted by atomic mass is 10.2. The van der Waals surface area contributed by atoms with Crippen molar-refractivity contribution in [1.29, 1.82) is 0 Å². The van der Waals surface area contributed by atoms with Crippen LogP contribution >= 0.6 is 34.5 Å². The first kappa shape index (κ1) is 14.2. The minimum absolute atomic E-state index is 0.223. The topological polar surface area (TPSA) is 55.1 Å². The molecule has 0 bridgehead atoms. The first-order valence-corrected chi connectivity index (χ1v) is 7.66. The molecule has 0 saturated heterocycles. The molecule has 3 rings (SSSR count). The fraction of sp³-hybridized carbons (Fsp3) is 0. The highest BCUT2D eigenvalue weighted by Crippen LogP contribution is 2.31. The normalized spacial score (nSPS) is 10.8. The van der Waals surface area contributed by atoms with Gasteiger partial charge in [-0.05, 0) is 41.8 Å². The number of nitrogen functional groups attached to an aromatic ring is 1. The van der Waals surface area contributed by atoms with Gasteiger partial charge in [-0.15, -0.1) is 11.3 Å². The van der Waals surface area contributed by atoms with Gasteiger partial charge in [0.05, 0.1) is 20.6 Å². The molecule has 0 aliphatic rings. The van der Waals surface area contributed by atoms with Crippen molar-refractivity contribution in [1.82, 2.24) is 0 Å². The summed E-state index contributed by atoms with van der Waals surface area (Å²) in [5.74, 6) is -0.223. The molecular formula is C15H10Cl2N2OS. The Hall–Kier alpha value is -1.75. The van der Waals surface area contributed by atoms with Crippen molar-refractivity contribution in [2.75, 3.05) is 11.1 Å². The number of thiophene rings is 1. The number of carbonyl (C=O) groups is 1. The van der Waals surface area contributed by atoms with Gasteiger partial charge in [-0.2, -0.15) is 0 Å². The molecule has 0 fully saturated rings. The molecule has 2 aromatic carbocycles. The van der Waals surface area contributed by atoms with E-state index in [2.05, 4.69) is 5.32 Å². The minimum Gasteiger partial charge on any atom is -0.399 e. The van der Waals surface area contributed by atoms with E-state index in [1.54, 1.807) is 18.2 Å². The fourth-order valence-corrected chi connectivity index (χ4v) is 3.24. The Labute approximate surface area is 135 Å². The third kappa shape index (κ3) is 2.83. The van der Waals surface area contributed by atoms with Crippen LogP contribution in [0.5, 0.6) is 0 Å². The second-order valence-electron chi connectivity index (χ2n) is 4.46. The standard InChI is InChI=1S/C15H10Cl2N2OS/c16-10-2-1-3-11(14(10)17)19-15(20)13-7-8-6-9(18)4-5-12(8)21-13/h1-7H,18H2,(H,19,20). The van der Waals surface area contributed by atoms with E-state index in [1.807, 2.05) is 24.3 Å². The molecule has 6 heteroatoms. The molecule has 21 heavy (non-hydrogen) atoms. The highest BCUT2D eigenvalue weighted by molar-refractivity contribution is 7.20. The summed E-state index contributed by atoms with van der Waals surface area (Å²) < 4.78 is 1.01. The summed E-state index contributed by atoms with van der Waals surface area (Å²) in [5.41, 5.74) is 6.90. The van der Waals surface area contributed by atoms with Crippen LogP contribution in [-0.2, 0) is 0 Å². The van der Waals surface area contributed by atoms with Crippen molar-refractivity contribution < 1.29 is 4.79 Å². The summed E-state index contributed by atoms with van der Waals surface area (Å²) in [6, 6.07) is 12.5. The second kappa shape index (κ2) is 5.56. The summed E-state index contributed by atoms with van der Waals surface area (Å²) in [4.78, 5) is 12.9. The first-order valence-electron chi connectivity index (χ1n) is 6.09. The number of benzene rings is 2. The molecular weight excluding hydrogens is 327 g/mol. The molecule has 3 N–H and O–H groups in total. The second-order valence-corrected chi connectivity index (χ2v) is 6.33. The van der Waals surface area contributed by atoms with Crippen LogP contribution in [-0.4, -0.2) is 5.91 Å². The summed E-state index contributed by atoms with van der Waals surface area (Å²) in [7, 11) is 0. The molecule has 0 saturated carbocycles. The van der Waals surface area contributed by atoms with Crippen molar-refractivity contribution in [3.05, 3.63) is 57.4 Å². The maximum atomic E-state index is 12.3. The number of hydrogen-bond donors (Lipinski definition) is 2. The van der Waals surface area contributed by atoms with Crippen molar-refractivity contribution >= 4 is 61.9 Å². The molecule has 3 nitrogen and oxygen atoms in total. The van der Waals surface area contributed by atoms with Gasteiger partial charge in [0, 0.05) is 10.4 Å². The van der Waals surface area contributed by atoms with Crippen LogP contribution in [0.1, 0.15) is 9.67 Å². The number of nitrogens with two attached hydrogens (primary N) is 1. The van der Waals surface area contributed by atoms with E-state index in [0.29, 0.717) is 26.3 Å². The molecule has 0 unspecified atom stereocenters. The van der Waals surface area contributed by atoms with Gasteiger partial charge in [0.25, 0.3) is 5.91 Å². The van der Waals surface area contributed by atoms with Crippen LogP contribution in [0.4, 0.5) is 11.4 Å². The average Bonchev–Trinajstić information content (AvgIpc) is 2.87. The van der Waals surface area contributed by atoms with Crippen LogP contribution in [0.15, 0.2) is 42.5 Å². The van der Waals surface area contributed by atoms with Crippen LogP contribution in [0.25, 0.3) is 10.1 Å². The van der Waals surface area contributed by atoms with Crippen molar-refractivity contribution in [2.45, 2.75) is 0 Å². The maximum Gasteiger partial charge on any atom is 0.265 e. The van der Waals surface area contributed by atoms with Crippen molar-refractivity contribution in [2.24, 2.45) is 0 Å². The first-order chi connectivity index (χ1) is 10.0. The summed E-state index contributed by atoms with van der Waals surface area (Å²) in [5, 5.41) is 4.45. The van der Waals surface area contributed by atoms with Gasteiger partial charge >= 0.3 is 0 Å². The van der Waals surface area contributed by atoms with Gasteiger partial charge in [-0.1, -0.05) is 29.3 Å². The molecule has 0 aliphatic heterocycles. The Morgan fingerprint density at radius 1 is 1.14 bits per heavy atom. The van der Waals surface area contributed by atoms with Crippen LogP contribution in [0.2, 0.25) is 10.0 Å². The lowest BCUT2D eigenvalue weighted by Crippen LogP contribution is -2.10. The van der Waals surface area contributed by atoms with Crippen LogP contribution in [0, 0.1) is 0 Å².